The minimum Gasteiger partial charge on any atom is -0.302 e. The fourth-order valence-corrected chi connectivity index (χ4v) is 2.16. The van der Waals surface area contributed by atoms with E-state index in [1.54, 1.807) is 0 Å². The first-order valence-corrected chi connectivity index (χ1v) is 6.11. The fourth-order valence-electron chi connectivity index (χ4n) is 1.46. The highest BCUT2D eigenvalue weighted by Gasteiger charge is 2.29. The largest absolute Gasteiger partial charge is 0.302 e. The van der Waals surface area contributed by atoms with Gasteiger partial charge >= 0.3 is 0 Å². The van der Waals surface area contributed by atoms with Gasteiger partial charge in [0.05, 0.1) is 16.7 Å². The molecule has 0 unspecified atom stereocenters. The Morgan fingerprint density at radius 1 is 1.40 bits per heavy atom. The van der Waals surface area contributed by atoms with Crippen LogP contribution in [0.15, 0.2) is 4.47 Å². The second-order valence-corrected chi connectivity index (χ2v) is 5.29. The Kier molecular flexibility index (Phi) is 3.28. The van der Waals surface area contributed by atoms with Crippen molar-refractivity contribution in [3.05, 3.63) is 21.1 Å². The van der Waals surface area contributed by atoms with Crippen LogP contribution in [0.1, 0.15) is 30.3 Å². The summed E-state index contributed by atoms with van der Waals surface area (Å²) in [4.78, 5) is 10.8. The van der Waals surface area contributed by atoms with E-state index in [-0.39, 0.29) is 0 Å². The minimum absolute atomic E-state index is 0.531. The quantitative estimate of drug-likeness (QED) is 0.802. The third kappa shape index (κ3) is 2.68. The molecule has 3 nitrogen and oxygen atoms in total. The van der Waals surface area contributed by atoms with Gasteiger partial charge in [-0.05, 0) is 42.9 Å². The van der Waals surface area contributed by atoms with Gasteiger partial charge in [0.2, 0.25) is 0 Å². The summed E-state index contributed by atoms with van der Waals surface area (Å²) in [5, 5.41) is 0.531. The summed E-state index contributed by atoms with van der Waals surface area (Å²) in [7, 11) is 3.99. The smallest absolute Gasteiger partial charge is 0.147 e. The lowest BCUT2D eigenvalue weighted by molar-refractivity contribution is 0.389. The first-order chi connectivity index (χ1) is 7.08. The molecule has 1 saturated carbocycles. The molecule has 1 fully saturated rings. The third-order valence-electron chi connectivity index (χ3n) is 2.30. The molecule has 82 valence electrons. The lowest BCUT2D eigenvalue weighted by Crippen LogP contribution is -2.14. The lowest BCUT2D eigenvalue weighted by atomic mass is 10.3. The predicted molar refractivity (Wildman–Crippen MR) is 64.1 cm³/mol. The standard InChI is InChI=1S/C10H13BrClN3/c1-15(2)5-7-13-9(6-3-4-6)8(11)10(12)14-7/h6H,3-5H2,1-2H3. The van der Waals surface area contributed by atoms with Crippen LogP contribution >= 0.6 is 27.5 Å². The summed E-state index contributed by atoms with van der Waals surface area (Å²) < 4.78 is 0.870. The number of aromatic nitrogens is 2. The Labute approximate surface area is 103 Å². The molecule has 0 atom stereocenters. The zero-order valence-electron chi connectivity index (χ0n) is 8.80. The van der Waals surface area contributed by atoms with Crippen LogP contribution in [0.2, 0.25) is 5.15 Å². The van der Waals surface area contributed by atoms with Crippen LogP contribution in [0.25, 0.3) is 0 Å². The average Bonchev–Trinajstić information content (AvgIpc) is 2.93. The molecule has 0 aliphatic heterocycles. The van der Waals surface area contributed by atoms with Crippen molar-refractivity contribution in [1.82, 2.24) is 14.9 Å². The van der Waals surface area contributed by atoms with Crippen LogP contribution in [0.3, 0.4) is 0 Å². The maximum absolute atomic E-state index is 6.06. The van der Waals surface area contributed by atoms with E-state index in [4.69, 9.17) is 11.6 Å². The summed E-state index contributed by atoms with van der Waals surface area (Å²) in [6, 6.07) is 0. The number of hydrogen-bond acceptors (Lipinski definition) is 3. The SMILES string of the molecule is CN(C)Cc1nc(Cl)c(Br)c(C2CC2)n1. The molecular formula is C10H13BrClN3. The van der Waals surface area contributed by atoms with E-state index in [9.17, 15) is 0 Å². The van der Waals surface area contributed by atoms with E-state index in [0.29, 0.717) is 11.1 Å². The van der Waals surface area contributed by atoms with Gasteiger partial charge in [0.1, 0.15) is 11.0 Å². The molecule has 1 heterocycles. The number of halogens is 2. The van der Waals surface area contributed by atoms with E-state index >= 15 is 0 Å². The van der Waals surface area contributed by atoms with Crippen molar-refractivity contribution in [2.45, 2.75) is 25.3 Å². The highest BCUT2D eigenvalue weighted by atomic mass is 79.9. The second kappa shape index (κ2) is 4.36. The molecule has 0 aromatic carbocycles. The average molecular weight is 291 g/mol. The highest BCUT2D eigenvalue weighted by Crippen LogP contribution is 2.43. The minimum atomic E-state index is 0.531. The van der Waals surface area contributed by atoms with E-state index in [1.807, 2.05) is 19.0 Å². The zero-order chi connectivity index (χ0) is 11.0. The summed E-state index contributed by atoms with van der Waals surface area (Å²) >= 11 is 9.51. The molecule has 0 radical (unpaired) electrons. The molecule has 1 aliphatic carbocycles. The van der Waals surface area contributed by atoms with Crippen molar-refractivity contribution in [1.29, 1.82) is 0 Å². The molecule has 5 heteroatoms. The van der Waals surface area contributed by atoms with Crippen LogP contribution in [0.4, 0.5) is 0 Å². The Hall–Kier alpha value is -0.190. The summed E-state index contributed by atoms with van der Waals surface area (Å²) in [5.41, 5.74) is 1.08. The number of rotatable bonds is 3. The van der Waals surface area contributed by atoms with Gasteiger partial charge in [-0.2, -0.15) is 0 Å². The fraction of sp³-hybridized carbons (Fsp3) is 0.600. The first-order valence-electron chi connectivity index (χ1n) is 4.94. The predicted octanol–water partition coefficient (Wildman–Crippen LogP) is 2.83. The van der Waals surface area contributed by atoms with Crippen molar-refractivity contribution in [2.75, 3.05) is 14.1 Å². The normalized spacial score (nSPS) is 16.1. The maximum Gasteiger partial charge on any atom is 0.147 e. The van der Waals surface area contributed by atoms with Gasteiger partial charge in [0.25, 0.3) is 0 Å². The van der Waals surface area contributed by atoms with Crippen molar-refractivity contribution in [3.8, 4) is 0 Å². The van der Waals surface area contributed by atoms with E-state index < -0.39 is 0 Å². The Morgan fingerprint density at radius 3 is 2.60 bits per heavy atom. The van der Waals surface area contributed by atoms with Crippen LogP contribution < -0.4 is 0 Å². The second-order valence-electron chi connectivity index (χ2n) is 4.14. The lowest BCUT2D eigenvalue weighted by Gasteiger charge is -2.11. The van der Waals surface area contributed by atoms with Crippen molar-refractivity contribution in [2.24, 2.45) is 0 Å². The molecule has 0 N–H and O–H groups in total. The number of nitrogens with zero attached hydrogens (tertiary/aromatic N) is 3. The maximum atomic E-state index is 6.06. The van der Waals surface area contributed by atoms with E-state index in [1.165, 1.54) is 12.8 Å². The molecule has 2 rings (SSSR count). The molecule has 1 aliphatic rings. The highest BCUT2D eigenvalue weighted by molar-refractivity contribution is 9.10. The van der Waals surface area contributed by atoms with E-state index in [2.05, 4.69) is 25.9 Å². The zero-order valence-corrected chi connectivity index (χ0v) is 11.1. The Balaban J connectivity index is 2.32. The molecular weight excluding hydrogens is 277 g/mol. The molecule has 0 bridgehead atoms. The summed E-state index contributed by atoms with van der Waals surface area (Å²) in [5.74, 6) is 1.39. The molecule has 1 aromatic rings. The van der Waals surface area contributed by atoms with Gasteiger partial charge in [-0.25, -0.2) is 9.97 Å². The van der Waals surface area contributed by atoms with Crippen LogP contribution in [-0.2, 0) is 6.54 Å². The third-order valence-corrected chi connectivity index (χ3v) is 3.59. The summed E-state index contributed by atoms with van der Waals surface area (Å²) in [6.45, 7) is 0.729. The Bertz CT molecular complexity index is 377. The van der Waals surface area contributed by atoms with Crippen LogP contribution in [-0.4, -0.2) is 29.0 Å². The van der Waals surface area contributed by atoms with Gasteiger partial charge in [-0.1, -0.05) is 11.6 Å². The van der Waals surface area contributed by atoms with Gasteiger partial charge in [-0.15, -0.1) is 0 Å². The topological polar surface area (TPSA) is 29.0 Å². The first kappa shape index (κ1) is 11.3. The summed E-state index contributed by atoms with van der Waals surface area (Å²) in [6.07, 6.45) is 2.43. The molecule has 0 saturated heterocycles. The van der Waals surface area contributed by atoms with Gasteiger partial charge < -0.3 is 4.90 Å². The molecule has 15 heavy (non-hydrogen) atoms. The van der Waals surface area contributed by atoms with Crippen LogP contribution in [0.5, 0.6) is 0 Å². The van der Waals surface area contributed by atoms with Crippen molar-refractivity contribution in [3.63, 3.8) is 0 Å². The van der Waals surface area contributed by atoms with E-state index in [0.717, 1.165) is 22.5 Å². The molecule has 1 aromatic heterocycles. The van der Waals surface area contributed by atoms with Crippen LogP contribution in [0, 0.1) is 0 Å². The monoisotopic (exact) mass is 289 g/mol. The van der Waals surface area contributed by atoms with Gasteiger partial charge in [-0.3, -0.25) is 0 Å². The van der Waals surface area contributed by atoms with Crippen molar-refractivity contribution >= 4 is 27.5 Å². The van der Waals surface area contributed by atoms with Crippen molar-refractivity contribution < 1.29 is 0 Å². The Morgan fingerprint density at radius 2 is 2.07 bits per heavy atom. The van der Waals surface area contributed by atoms with Gasteiger partial charge in [0, 0.05) is 5.92 Å². The van der Waals surface area contributed by atoms with Gasteiger partial charge in [0.15, 0.2) is 0 Å². The molecule has 0 spiro atoms. The molecule has 0 amide bonds. The number of hydrogen-bond donors (Lipinski definition) is 0.